The van der Waals surface area contributed by atoms with E-state index in [1.807, 2.05) is 7.05 Å². The summed E-state index contributed by atoms with van der Waals surface area (Å²) in [7, 11) is 1.82. The molecule has 5 heteroatoms. The number of nitrogens with two attached hydrogens (primary N) is 1. The molecule has 0 aliphatic heterocycles. The van der Waals surface area contributed by atoms with Gasteiger partial charge in [0, 0.05) is 25.4 Å². The van der Waals surface area contributed by atoms with Crippen molar-refractivity contribution in [2.45, 2.75) is 31.7 Å². The van der Waals surface area contributed by atoms with Gasteiger partial charge in [0.05, 0.1) is 6.20 Å². The number of amides is 1. The van der Waals surface area contributed by atoms with Crippen LogP contribution in [0.25, 0.3) is 0 Å². The van der Waals surface area contributed by atoms with E-state index in [0.29, 0.717) is 5.41 Å². The Labute approximate surface area is 107 Å². The molecule has 1 atom stereocenters. The molecule has 1 aromatic heterocycles. The smallest absolute Gasteiger partial charge is 0.241 e. The Morgan fingerprint density at radius 2 is 2.39 bits per heavy atom. The molecule has 2 fully saturated rings. The van der Waals surface area contributed by atoms with Crippen molar-refractivity contribution < 1.29 is 4.79 Å². The summed E-state index contributed by atoms with van der Waals surface area (Å²) in [5.41, 5.74) is 7.12. The molecule has 2 aliphatic carbocycles. The highest BCUT2D eigenvalue weighted by atomic mass is 16.2. The van der Waals surface area contributed by atoms with E-state index in [4.69, 9.17) is 5.73 Å². The lowest BCUT2D eigenvalue weighted by Crippen LogP contribution is -2.37. The summed E-state index contributed by atoms with van der Waals surface area (Å²) in [6.45, 7) is 0.796. The molecular weight excluding hydrogens is 228 g/mol. The molecule has 2 aliphatic rings. The van der Waals surface area contributed by atoms with E-state index in [9.17, 15) is 4.79 Å². The van der Waals surface area contributed by atoms with Crippen molar-refractivity contribution in [3.05, 3.63) is 18.0 Å². The molecule has 3 N–H and O–H groups in total. The van der Waals surface area contributed by atoms with Crippen molar-refractivity contribution in [1.29, 1.82) is 0 Å². The number of nitrogens with one attached hydrogen (secondary N) is 1. The van der Waals surface area contributed by atoms with Gasteiger partial charge < -0.3 is 11.1 Å². The SMILES string of the molecule is Cn1cc(C(N)C(=O)NCC2(C3CC3)CC2)cn1. The maximum Gasteiger partial charge on any atom is 0.241 e. The van der Waals surface area contributed by atoms with E-state index >= 15 is 0 Å². The van der Waals surface area contributed by atoms with Gasteiger partial charge in [0.2, 0.25) is 5.91 Å². The average Bonchev–Trinajstić information content (AvgIpc) is 3.24. The van der Waals surface area contributed by atoms with Crippen molar-refractivity contribution in [3.8, 4) is 0 Å². The Hall–Kier alpha value is -1.36. The van der Waals surface area contributed by atoms with Crippen molar-refractivity contribution in [2.75, 3.05) is 6.54 Å². The second kappa shape index (κ2) is 4.09. The van der Waals surface area contributed by atoms with E-state index in [2.05, 4.69) is 10.4 Å². The molecule has 0 spiro atoms. The first-order chi connectivity index (χ1) is 8.61. The minimum absolute atomic E-state index is 0.0880. The Balaban J connectivity index is 1.55. The summed E-state index contributed by atoms with van der Waals surface area (Å²) in [6, 6.07) is -0.603. The number of aryl methyl sites for hydroxylation is 1. The molecule has 1 heterocycles. The molecule has 5 nitrogen and oxygen atoms in total. The Morgan fingerprint density at radius 3 is 2.89 bits per heavy atom. The predicted octanol–water partition coefficient (Wildman–Crippen LogP) is 0.726. The van der Waals surface area contributed by atoms with E-state index in [0.717, 1.165) is 18.0 Å². The van der Waals surface area contributed by atoms with Gasteiger partial charge >= 0.3 is 0 Å². The Morgan fingerprint density at radius 1 is 1.67 bits per heavy atom. The lowest BCUT2D eigenvalue weighted by Gasteiger charge is -2.17. The largest absolute Gasteiger partial charge is 0.354 e. The van der Waals surface area contributed by atoms with Crippen LogP contribution in [0.2, 0.25) is 0 Å². The van der Waals surface area contributed by atoms with Gasteiger partial charge in [-0.3, -0.25) is 9.48 Å². The predicted molar refractivity (Wildman–Crippen MR) is 67.5 cm³/mol. The van der Waals surface area contributed by atoms with Crippen LogP contribution in [-0.2, 0) is 11.8 Å². The molecule has 1 unspecified atom stereocenters. The molecule has 0 saturated heterocycles. The number of carbonyl (C=O) groups is 1. The van der Waals surface area contributed by atoms with Crippen molar-refractivity contribution in [2.24, 2.45) is 24.1 Å². The third kappa shape index (κ3) is 2.14. The monoisotopic (exact) mass is 248 g/mol. The standard InChI is InChI=1S/C13H20N4O/c1-17-7-9(6-16-17)11(14)12(18)15-8-13(4-5-13)10-2-3-10/h6-7,10-11H,2-5,8,14H2,1H3,(H,15,18). The summed E-state index contributed by atoms with van der Waals surface area (Å²) in [5, 5.41) is 7.05. The molecule has 0 aromatic carbocycles. The van der Waals surface area contributed by atoms with Crippen LogP contribution in [-0.4, -0.2) is 22.2 Å². The average molecular weight is 248 g/mol. The topological polar surface area (TPSA) is 72.9 Å². The number of hydrogen-bond acceptors (Lipinski definition) is 3. The van der Waals surface area contributed by atoms with Crippen LogP contribution in [0.5, 0.6) is 0 Å². The van der Waals surface area contributed by atoms with Crippen LogP contribution in [0.3, 0.4) is 0 Å². The minimum atomic E-state index is -0.603. The number of rotatable bonds is 5. The zero-order valence-corrected chi connectivity index (χ0v) is 10.7. The summed E-state index contributed by atoms with van der Waals surface area (Å²) in [6.07, 6.45) is 8.64. The van der Waals surface area contributed by atoms with Gasteiger partial charge in [0.1, 0.15) is 6.04 Å². The third-order valence-electron chi connectivity index (χ3n) is 4.32. The van der Waals surface area contributed by atoms with Gasteiger partial charge in [-0.05, 0) is 37.0 Å². The van der Waals surface area contributed by atoms with E-state index in [-0.39, 0.29) is 5.91 Å². The lowest BCUT2D eigenvalue weighted by atomic mass is 10.0. The molecule has 3 rings (SSSR count). The molecule has 0 bridgehead atoms. The zero-order valence-electron chi connectivity index (χ0n) is 10.7. The van der Waals surface area contributed by atoms with Gasteiger partial charge in [0.25, 0.3) is 0 Å². The van der Waals surface area contributed by atoms with Crippen molar-refractivity contribution >= 4 is 5.91 Å². The lowest BCUT2D eigenvalue weighted by molar-refractivity contribution is -0.122. The number of hydrogen-bond donors (Lipinski definition) is 2. The maximum atomic E-state index is 12.0. The van der Waals surface area contributed by atoms with Crippen molar-refractivity contribution in [1.82, 2.24) is 15.1 Å². The molecule has 1 aromatic rings. The fraction of sp³-hybridized carbons (Fsp3) is 0.692. The highest BCUT2D eigenvalue weighted by Crippen LogP contribution is 2.60. The fourth-order valence-electron chi connectivity index (χ4n) is 2.71. The Bertz CT molecular complexity index is 459. The van der Waals surface area contributed by atoms with Crippen LogP contribution in [0, 0.1) is 11.3 Å². The highest BCUT2D eigenvalue weighted by molar-refractivity contribution is 5.82. The number of nitrogens with zero attached hydrogens (tertiary/aromatic N) is 2. The van der Waals surface area contributed by atoms with E-state index in [1.54, 1.807) is 17.1 Å². The third-order valence-corrected chi connectivity index (χ3v) is 4.32. The van der Waals surface area contributed by atoms with Crippen LogP contribution in [0.15, 0.2) is 12.4 Å². The first kappa shape index (κ1) is 11.7. The van der Waals surface area contributed by atoms with Crippen molar-refractivity contribution in [3.63, 3.8) is 0 Å². The van der Waals surface area contributed by atoms with Crippen LogP contribution in [0.4, 0.5) is 0 Å². The Kier molecular flexibility index (Phi) is 2.66. The first-order valence-corrected chi connectivity index (χ1v) is 6.63. The molecule has 2 saturated carbocycles. The van der Waals surface area contributed by atoms with E-state index < -0.39 is 6.04 Å². The normalized spacial score (nSPS) is 22.6. The van der Waals surface area contributed by atoms with Gasteiger partial charge in [-0.2, -0.15) is 5.10 Å². The molecule has 98 valence electrons. The highest BCUT2D eigenvalue weighted by Gasteiger charge is 2.53. The minimum Gasteiger partial charge on any atom is -0.354 e. The fourth-order valence-corrected chi connectivity index (χ4v) is 2.71. The second-order valence-corrected chi connectivity index (χ2v) is 5.78. The first-order valence-electron chi connectivity index (χ1n) is 6.63. The van der Waals surface area contributed by atoms with Gasteiger partial charge in [-0.1, -0.05) is 0 Å². The maximum absolute atomic E-state index is 12.0. The second-order valence-electron chi connectivity index (χ2n) is 5.78. The van der Waals surface area contributed by atoms with Gasteiger partial charge in [0.15, 0.2) is 0 Å². The molecule has 18 heavy (non-hydrogen) atoms. The zero-order chi connectivity index (χ0) is 12.8. The quantitative estimate of drug-likeness (QED) is 0.806. The number of carbonyl (C=O) groups excluding carboxylic acids is 1. The van der Waals surface area contributed by atoms with Gasteiger partial charge in [-0.25, -0.2) is 0 Å². The van der Waals surface area contributed by atoms with Crippen LogP contribution >= 0.6 is 0 Å². The van der Waals surface area contributed by atoms with Crippen LogP contribution in [0.1, 0.15) is 37.3 Å². The van der Waals surface area contributed by atoms with Gasteiger partial charge in [-0.15, -0.1) is 0 Å². The van der Waals surface area contributed by atoms with Crippen LogP contribution < -0.4 is 11.1 Å². The summed E-state index contributed by atoms with van der Waals surface area (Å²) < 4.78 is 1.66. The summed E-state index contributed by atoms with van der Waals surface area (Å²) in [5.74, 6) is 0.766. The molecule has 0 radical (unpaired) electrons. The number of aromatic nitrogens is 2. The summed E-state index contributed by atoms with van der Waals surface area (Å²) >= 11 is 0. The molecular formula is C13H20N4O. The molecule has 1 amide bonds. The van der Waals surface area contributed by atoms with E-state index in [1.165, 1.54) is 25.7 Å². The summed E-state index contributed by atoms with van der Waals surface area (Å²) in [4.78, 5) is 12.0.